The van der Waals surface area contributed by atoms with Crippen molar-refractivity contribution >= 4 is 11.8 Å². The number of carbonyl (C=O) groups excluding carboxylic acids is 2. The lowest BCUT2D eigenvalue weighted by molar-refractivity contribution is 0.0717. The fraction of sp³-hybridized carbons (Fsp3) is 0.263. The Hall–Kier alpha value is -2.89. The number of hydrogen-bond acceptors (Lipinski definition) is 3. The van der Waals surface area contributed by atoms with Crippen molar-refractivity contribution in [3.05, 3.63) is 65.5 Å². The SMILES string of the molecule is O=C(c1ccc(F)cc1)N1CCCN(C(=O)c2ccccc2O)CC1. The van der Waals surface area contributed by atoms with E-state index in [0.29, 0.717) is 38.2 Å². The highest BCUT2D eigenvalue weighted by atomic mass is 19.1. The van der Waals surface area contributed by atoms with Crippen LogP contribution in [-0.2, 0) is 0 Å². The number of phenols is 1. The normalized spacial score (nSPS) is 14.9. The number of para-hydroxylation sites is 1. The quantitative estimate of drug-likeness (QED) is 0.912. The van der Waals surface area contributed by atoms with Crippen molar-refractivity contribution in [2.45, 2.75) is 6.42 Å². The third kappa shape index (κ3) is 3.79. The predicted molar refractivity (Wildman–Crippen MR) is 90.9 cm³/mol. The Bertz CT molecular complexity index is 776. The van der Waals surface area contributed by atoms with Gasteiger partial charge in [-0.2, -0.15) is 0 Å². The molecule has 1 heterocycles. The minimum absolute atomic E-state index is 0.0454. The molecule has 0 spiro atoms. The van der Waals surface area contributed by atoms with Crippen molar-refractivity contribution in [2.75, 3.05) is 26.2 Å². The third-order valence-corrected chi connectivity index (χ3v) is 4.30. The zero-order chi connectivity index (χ0) is 17.8. The summed E-state index contributed by atoms with van der Waals surface area (Å²) < 4.78 is 13.0. The van der Waals surface area contributed by atoms with Crippen molar-refractivity contribution in [3.63, 3.8) is 0 Å². The molecule has 25 heavy (non-hydrogen) atoms. The van der Waals surface area contributed by atoms with Crippen molar-refractivity contribution in [1.29, 1.82) is 0 Å². The average Bonchev–Trinajstić information content (AvgIpc) is 2.88. The van der Waals surface area contributed by atoms with Gasteiger partial charge in [0.15, 0.2) is 0 Å². The summed E-state index contributed by atoms with van der Waals surface area (Å²) in [6.45, 7) is 1.83. The number of nitrogens with zero attached hydrogens (tertiary/aromatic N) is 2. The standard InChI is InChI=1S/C19H19FN2O3/c20-15-8-6-14(7-9-15)18(24)21-10-3-11-22(13-12-21)19(25)16-4-1-2-5-17(16)23/h1-2,4-9,23H,3,10-13H2. The van der Waals surface area contributed by atoms with E-state index in [4.69, 9.17) is 0 Å². The monoisotopic (exact) mass is 342 g/mol. The van der Waals surface area contributed by atoms with E-state index in [-0.39, 0.29) is 28.9 Å². The average molecular weight is 342 g/mol. The number of carbonyl (C=O) groups is 2. The van der Waals surface area contributed by atoms with E-state index < -0.39 is 0 Å². The second-order valence-corrected chi connectivity index (χ2v) is 5.96. The highest BCUT2D eigenvalue weighted by Crippen LogP contribution is 2.19. The van der Waals surface area contributed by atoms with Crippen LogP contribution in [-0.4, -0.2) is 52.9 Å². The lowest BCUT2D eigenvalue weighted by Crippen LogP contribution is -2.37. The minimum atomic E-state index is -0.383. The summed E-state index contributed by atoms with van der Waals surface area (Å²) in [5, 5.41) is 9.85. The van der Waals surface area contributed by atoms with Crippen molar-refractivity contribution < 1.29 is 19.1 Å². The molecule has 0 radical (unpaired) electrons. The highest BCUT2D eigenvalue weighted by Gasteiger charge is 2.24. The molecule has 1 fully saturated rings. The molecule has 1 N–H and O–H groups in total. The molecule has 0 aliphatic carbocycles. The number of hydrogen-bond donors (Lipinski definition) is 1. The van der Waals surface area contributed by atoms with Gasteiger partial charge in [0.25, 0.3) is 11.8 Å². The molecule has 0 atom stereocenters. The van der Waals surface area contributed by atoms with Gasteiger partial charge in [-0.3, -0.25) is 9.59 Å². The van der Waals surface area contributed by atoms with Gasteiger partial charge in [0, 0.05) is 31.7 Å². The minimum Gasteiger partial charge on any atom is -0.507 e. The van der Waals surface area contributed by atoms with Crippen LogP contribution in [0, 0.1) is 5.82 Å². The number of amides is 2. The van der Waals surface area contributed by atoms with Gasteiger partial charge in [-0.25, -0.2) is 4.39 Å². The van der Waals surface area contributed by atoms with Crippen LogP contribution >= 0.6 is 0 Å². The Morgan fingerprint density at radius 3 is 2.08 bits per heavy atom. The lowest BCUT2D eigenvalue weighted by Gasteiger charge is -2.22. The fourth-order valence-corrected chi connectivity index (χ4v) is 2.92. The van der Waals surface area contributed by atoms with Crippen LogP contribution in [0.25, 0.3) is 0 Å². The summed E-state index contributed by atoms with van der Waals surface area (Å²) in [6.07, 6.45) is 0.645. The Morgan fingerprint density at radius 1 is 0.840 bits per heavy atom. The molecule has 130 valence electrons. The van der Waals surface area contributed by atoms with Gasteiger partial charge in [0.2, 0.25) is 0 Å². The largest absolute Gasteiger partial charge is 0.507 e. The number of benzene rings is 2. The molecule has 2 aromatic carbocycles. The van der Waals surface area contributed by atoms with Crippen LogP contribution in [0.1, 0.15) is 27.1 Å². The van der Waals surface area contributed by atoms with E-state index in [1.807, 2.05) is 0 Å². The maximum absolute atomic E-state index is 13.0. The van der Waals surface area contributed by atoms with Crippen molar-refractivity contribution in [1.82, 2.24) is 9.80 Å². The van der Waals surface area contributed by atoms with Crippen LogP contribution in [0.15, 0.2) is 48.5 Å². The summed E-state index contributed by atoms with van der Waals surface area (Å²) in [5.41, 5.74) is 0.697. The van der Waals surface area contributed by atoms with E-state index in [0.717, 1.165) is 0 Å². The zero-order valence-electron chi connectivity index (χ0n) is 13.7. The maximum Gasteiger partial charge on any atom is 0.257 e. The first-order valence-electron chi connectivity index (χ1n) is 8.18. The van der Waals surface area contributed by atoms with E-state index in [1.54, 1.807) is 28.0 Å². The van der Waals surface area contributed by atoms with Crippen LogP contribution in [0.4, 0.5) is 4.39 Å². The van der Waals surface area contributed by atoms with E-state index in [2.05, 4.69) is 0 Å². The number of aromatic hydroxyl groups is 1. The van der Waals surface area contributed by atoms with E-state index in [1.165, 1.54) is 30.3 Å². The van der Waals surface area contributed by atoms with Gasteiger partial charge in [-0.05, 0) is 42.8 Å². The second kappa shape index (κ2) is 7.34. The molecule has 2 amide bonds. The zero-order valence-corrected chi connectivity index (χ0v) is 13.7. The molecule has 1 saturated heterocycles. The highest BCUT2D eigenvalue weighted by molar-refractivity contribution is 5.97. The summed E-state index contributed by atoms with van der Waals surface area (Å²) >= 11 is 0. The van der Waals surface area contributed by atoms with Gasteiger partial charge in [-0.15, -0.1) is 0 Å². The summed E-state index contributed by atoms with van der Waals surface area (Å²) in [4.78, 5) is 28.4. The van der Waals surface area contributed by atoms with Gasteiger partial charge in [0.05, 0.1) is 5.56 Å². The van der Waals surface area contributed by atoms with Crippen molar-refractivity contribution in [3.8, 4) is 5.75 Å². The fourth-order valence-electron chi connectivity index (χ4n) is 2.92. The number of phenolic OH excluding ortho intramolecular Hbond substituents is 1. The van der Waals surface area contributed by atoms with Crippen LogP contribution in [0.5, 0.6) is 5.75 Å². The molecule has 6 heteroatoms. The molecule has 0 bridgehead atoms. The predicted octanol–water partition coefficient (Wildman–Crippen LogP) is 2.52. The van der Waals surface area contributed by atoms with Gasteiger partial charge in [-0.1, -0.05) is 12.1 Å². The molecule has 0 unspecified atom stereocenters. The molecular formula is C19H19FN2O3. The Labute approximate surface area is 145 Å². The van der Waals surface area contributed by atoms with Crippen LogP contribution in [0.3, 0.4) is 0 Å². The van der Waals surface area contributed by atoms with Crippen LogP contribution in [0.2, 0.25) is 0 Å². The second-order valence-electron chi connectivity index (χ2n) is 5.96. The summed E-state index contributed by atoms with van der Waals surface area (Å²) in [6, 6.07) is 11.9. The van der Waals surface area contributed by atoms with E-state index >= 15 is 0 Å². The van der Waals surface area contributed by atoms with Crippen molar-refractivity contribution in [2.24, 2.45) is 0 Å². The molecular weight excluding hydrogens is 323 g/mol. The Balaban J connectivity index is 1.68. The summed E-state index contributed by atoms with van der Waals surface area (Å²) in [7, 11) is 0. The molecule has 1 aliphatic rings. The maximum atomic E-state index is 13.0. The van der Waals surface area contributed by atoms with E-state index in [9.17, 15) is 19.1 Å². The summed E-state index contributed by atoms with van der Waals surface area (Å²) in [5.74, 6) is -0.839. The molecule has 1 aliphatic heterocycles. The molecule has 0 aromatic heterocycles. The molecule has 2 aromatic rings. The number of rotatable bonds is 2. The molecule has 0 saturated carbocycles. The first-order valence-corrected chi connectivity index (χ1v) is 8.18. The van der Waals surface area contributed by atoms with Gasteiger partial charge < -0.3 is 14.9 Å². The molecule has 5 nitrogen and oxygen atoms in total. The first kappa shape index (κ1) is 17.0. The lowest BCUT2D eigenvalue weighted by atomic mass is 10.1. The first-order chi connectivity index (χ1) is 12.1. The Morgan fingerprint density at radius 2 is 1.44 bits per heavy atom. The smallest absolute Gasteiger partial charge is 0.257 e. The van der Waals surface area contributed by atoms with Gasteiger partial charge >= 0.3 is 0 Å². The molecule has 3 rings (SSSR count). The Kier molecular flexibility index (Phi) is 4.97. The topological polar surface area (TPSA) is 60.9 Å². The van der Waals surface area contributed by atoms with Crippen LogP contribution < -0.4 is 0 Å². The third-order valence-electron chi connectivity index (χ3n) is 4.30. The van der Waals surface area contributed by atoms with Gasteiger partial charge in [0.1, 0.15) is 11.6 Å². The number of halogens is 1.